The van der Waals surface area contributed by atoms with E-state index in [0.717, 1.165) is 29.8 Å². The number of benzene rings is 1. The largest absolute Gasteiger partial charge is 0.377 e. The summed E-state index contributed by atoms with van der Waals surface area (Å²) in [6, 6.07) is 9.92. The maximum absolute atomic E-state index is 13.0. The normalized spacial score (nSPS) is 13.9. The fraction of sp³-hybridized carbons (Fsp3) is 0.455. The lowest BCUT2D eigenvalue weighted by Crippen LogP contribution is -2.40. The molecular formula is C22H29N3O2S. The third kappa shape index (κ3) is 4.73. The van der Waals surface area contributed by atoms with E-state index in [0.29, 0.717) is 17.5 Å². The van der Waals surface area contributed by atoms with E-state index in [9.17, 15) is 9.59 Å². The minimum atomic E-state index is -0.411. The molecule has 28 heavy (non-hydrogen) atoms. The molecule has 1 N–H and O–H groups in total. The second-order valence-corrected chi connectivity index (χ2v) is 9.53. The van der Waals surface area contributed by atoms with Crippen LogP contribution in [-0.2, 0) is 11.3 Å². The highest BCUT2D eigenvalue weighted by molar-refractivity contribution is 7.12. The van der Waals surface area contributed by atoms with Crippen LogP contribution in [0.15, 0.2) is 35.7 Å². The van der Waals surface area contributed by atoms with Crippen molar-refractivity contribution in [2.75, 3.05) is 24.3 Å². The van der Waals surface area contributed by atoms with E-state index in [2.05, 4.69) is 5.32 Å². The van der Waals surface area contributed by atoms with Gasteiger partial charge in [0.15, 0.2) is 0 Å². The van der Waals surface area contributed by atoms with E-state index in [1.165, 1.54) is 11.3 Å². The first-order chi connectivity index (χ1) is 13.2. The fourth-order valence-corrected chi connectivity index (χ4v) is 3.81. The van der Waals surface area contributed by atoms with E-state index >= 15 is 0 Å². The summed E-state index contributed by atoms with van der Waals surface area (Å²) in [7, 11) is 3.99. The Labute approximate surface area is 171 Å². The number of hydrogen-bond acceptors (Lipinski definition) is 4. The molecule has 1 heterocycles. The lowest BCUT2D eigenvalue weighted by Gasteiger charge is -2.31. The molecule has 0 aliphatic heterocycles. The van der Waals surface area contributed by atoms with Crippen LogP contribution in [0.1, 0.15) is 48.8 Å². The van der Waals surface area contributed by atoms with Crippen LogP contribution >= 0.6 is 11.3 Å². The number of carbonyl (C=O) groups excluding carboxylic acids is 2. The van der Waals surface area contributed by atoms with E-state index in [-0.39, 0.29) is 11.8 Å². The molecule has 0 saturated heterocycles. The van der Waals surface area contributed by atoms with Gasteiger partial charge in [-0.25, -0.2) is 0 Å². The molecule has 2 amide bonds. The second-order valence-electron chi connectivity index (χ2n) is 8.58. The van der Waals surface area contributed by atoms with Gasteiger partial charge in [0.1, 0.15) is 0 Å². The number of thiophene rings is 1. The maximum atomic E-state index is 13.0. The molecule has 3 rings (SSSR count). The van der Waals surface area contributed by atoms with Gasteiger partial charge in [-0.3, -0.25) is 9.59 Å². The highest BCUT2D eigenvalue weighted by atomic mass is 32.1. The van der Waals surface area contributed by atoms with Crippen molar-refractivity contribution >= 4 is 34.5 Å². The number of nitrogens with zero attached hydrogens (tertiary/aromatic N) is 2. The zero-order valence-electron chi connectivity index (χ0n) is 17.3. The van der Waals surface area contributed by atoms with Gasteiger partial charge in [-0.1, -0.05) is 26.8 Å². The lowest BCUT2D eigenvalue weighted by molar-refractivity contribution is -0.140. The summed E-state index contributed by atoms with van der Waals surface area (Å²) in [4.78, 5) is 30.1. The molecule has 1 aliphatic rings. The summed E-state index contributed by atoms with van der Waals surface area (Å²) >= 11 is 1.42. The average Bonchev–Trinajstić information content (AvgIpc) is 3.30. The van der Waals surface area contributed by atoms with Gasteiger partial charge in [0, 0.05) is 43.5 Å². The van der Waals surface area contributed by atoms with Gasteiger partial charge in [-0.2, -0.15) is 0 Å². The van der Waals surface area contributed by atoms with Crippen LogP contribution in [0.4, 0.5) is 11.4 Å². The van der Waals surface area contributed by atoms with Crippen LogP contribution in [-0.4, -0.2) is 36.9 Å². The standard InChI is InChI=1S/C22H29N3O2S/c1-22(2,3)21(27)25(17-9-10-17)14-15-13-16(8-11-18(15)24(4)5)23-20(26)19-7-6-12-28-19/h6-8,11-13,17H,9-10,14H2,1-5H3,(H,23,26). The number of anilines is 2. The Bertz CT molecular complexity index is 849. The quantitative estimate of drug-likeness (QED) is 0.772. The van der Waals surface area contributed by atoms with Crippen LogP contribution in [0, 0.1) is 5.41 Å². The molecule has 5 nitrogen and oxygen atoms in total. The van der Waals surface area contributed by atoms with Gasteiger partial charge in [0.25, 0.3) is 5.91 Å². The minimum Gasteiger partial charge on any atom is -0.377 e. The third-order valence-electron chi connectivity index (χ3n) is 4.79. The Morgan fingerprint density at radius 2 is 1.89 bits per heavy atom. The first-order valence-electron chi connectivity index (χ1n) is 9.63. The number of nitrogens with one attached hydrogen (secondary N) is 1. The van der Waals surface area contributed by atoms with Gasteiger partial charge < -0.3 is 15.1 Å². The molecule has 0 radical (unpaired) electrons. The monoisotopic (exact) mass is 399 g/mol. The molecule has 1 saturated carbocycles. The molecule has 0 spiro atoms. The van der Waals surface area contributed by atoms with E-state index in [4.69, 9.17) is 0 Å². The zero-order chi connectivity index (χ0) is 20.5. The highest BCUT2D eigenvalue weighted by Crippen LogP contribution is 2.34. The maximum Gasteiger partial charge on any atom is 0.265 e. The van der Waals surface area contributed by atoms with Gasteiger partial charge in [0.05, 0.1) is 4.88 Å². The van der Waals surface area contributed by atoms with Crippen molar-refractivity contribution in [3.8, 4) is 0 Å². The average molecular weight is 400 g/mol. The first-order valence-corrected chi connectivity index (χ1v) is 10.5. The summed E-state index contributed by atoms with van der Waals surface area (Å²) in [5.41, 5.74) is 2.43. The van der Waals surface area contributed by atoms with Crippen LogP contribution in [0.25, 0.3) is 0 Å². The van der Waals surface area contributed by atoms with Crippen molar-refractivity contribution in [1.82, 2.24) is 4.90 Å². The predicted octanol–water partition coefficient (Wildman–Crippen LogP) is 4.60. The van der Waals surface area contributed by atoms with Crippen LogP contribution in [0.2, 0.25) is 0 Å². The Balaban J connectivity index is 1.87. The van der Waals surface area contributed by atoms with Crippen molar-refractivity contribution in [1.29, 1.82) is 0 Å². The Morgan fingerprint density at radius 1 is 1.18 bits per heavy atom. The summed E-state index contributed by atoms with van der Waals surface area (Å²) in [5, 5.41) is 4.87. The second kappa shape index (κ2) is 7.95. The van der Waals surface area contributed by atoms with Crippen molar-refractivity contribution in [3.05, 3.63) is 46.2 Å². The number of amides is 2. The molecule has 1 fully saturated rings. The minimum absolute atomic E-state index is 0.108. The topological polar surface area (TPSA) is 52.7 Å². The molecule has 2 aromatic rings. The van der Waals surface area contributed by atoms with Crippen LogP contribution in [0.5, 0.6) is 0 Å². The van der Waals surface area contributed by atoms with E-state index < -0.39 is 5.41 Å². The van der Waals surface area contributed by atoms with Crippen LogP contribution in [0.3, 0.4) is 0 Å². The van der Waals surface area contributed by atoms with Gasteiger partial charge in [-0.15, -0.1) is 11.3 Å². The van der Waals surface area contributed by atoms with Crippen molar-refractivity contribution in [2.45, 2.75) is 46.2 Å². The molecule has 0 atom stereocenters. The smallest absolute Gasteiger partial charge is 0.265 e. The molecule has 6 heteroatoms. The molecule has 150 valence electrons. The summed E-state index contributed by atoms with van der Waals surface area (Å²) in [6.45, 7) is 6.46. The van der Waals surface area contributed by atoms with E-state index in [1.54, 1.807) is 0 Å². The molecular weight excluding hydrogens is 370 g/mol. The van der Waals surface area contributed by atoms with Crippen molar-refractivity contribution in [2.24, 2.45) is 5.41 Å². The Kier molecular flexibility index (Phi) is 5.79. The van der Waals surface area contributed by atoms with Crippen molar-refractivity contribution < 1.29 is 9.59 Å². The fourth-order valence-electron chi connectivity index (χ4n) is 3.19. The Morgan fingerprint density at radius 3 is 2.43 bits per heavy atom. The molecule has 1 aromatic heterocycles. The van der Waals surface area contributed by atoms with Crippen molar-refractivity contribution in [3.63, 3.8) is 0 Å². The molecule has 1 aliphatic carbocycles. The third-order valence-corrected chi connectivity index (χ3v) is 5.66. The van der Waals surface area contributed by atoms with Gasteiger partial charge in [0.2, 0.25) is 5.91 Å². The predicted molar refractivity (Wildman–Crippen MR) is 116 cm³/mol. The van der Waals surface area contributed by atoms with Gasteiger partial charge >= 0.3 is 0 Å². The molecule has 0 unspecified atom stereocenters. The summed E-state index contributed by atoms with van der Waals surface area (Å²) in [5.74, 6) is 0.0658. The molecule has 0 bridgehead atoms. The highest BCUT2D eigenvalue weighted by Gasteiger charge is 2.37. The first kappa shape index (κ1) is 20.4. The van der Waals surface area contributed by atoms with Crippen LogP contribution < -0.4 is 10.2 Å². The zero-order valence-corrected chi connectivity index (χ0v) is 18.1. The molecule has 1 aromatic carbocycles. The summed E-state index contributed by atoms with van der Waals surface area (Å²) in [6.07, 6.45) is 2.13. The van der Waals surface area contributed by atoms with Gasteiger partial charge in [-0.05, 0) is 48.1 Å². The number of rotatable bonds is 6. The number of hydrogen-bond donors (Lipinski definition) is 1. The van der Waals surface area contributed by atoms with E-state index in [1.807, 2.05) is 80.4 Å². The summed E-state index contributed by atoms with van der Waals surface area (Å²) < 4.78 is 0. The number of carbonyl (C=O) groups is 2. The SMILES string of the molecule is CN(C)c1ccc(NC(=O)c2cccs2)cc1CN(C(=O)C(C)(C)C)C1CC1. The Hall–Kier alpha value is -2.34. The lowest BCUT2D eigenvalue weighted by atomic mass is 9.94.